The van der Waals surface area contributed by atoms with E-state index in [-0.39, 0.29) is 12.1 Å². The van der Waals surface area contributed by atoms with Crippen molar-refractivity contribution in [3.05, 3.63) is 75.2 Å². The molecule has 1 fully saturated rings. The number of hydrogen-bond donors (Lipinski definition) is 1. The van der Waals surface area contributed by atoms with E-state index in [0.29, 0.717) is 18.1 Å². The third kappa shape index (κ3) is 4.46. The number of likely N-dealkylation sites (tertiary alicyclic amines) is 1. The molecule has 1 aliphatic rings. The van der Waals surface area contributed by atoms with Gasteiger partial charge in [-0.1, -0.05) is 39.7 Å². The van der Waals surface area contributed by atoms with Gasteiger partial charge in [-0.05, 0) is 61.7 Å². The Morgan fingerprint density at radius 2 is 1.90 bits per heavy atom. The highest BCUT2D eigenvalue weighted by molar-refractivity contribution is 9.10. The molecule has 1 N–H and O–H groups in total. The molecule has 6 nitrogen and oxygen atoms in total. The van der Waals surface area contributed by atoms with Gasteiger partial charge in [-0.25, -0.2) is 4.79 Å². The van der Waals surface area contributed by atoms with Crippen LogP contribution in [-0.4, -0.2) is 32.2 Å². The molecule has 1 aliphatic heterocycles. The SMILES string of the molecule is Cc1nnc(C2CCCN2C(=O)Nc2ccc(Br)cc2)n1Cc1ccc(Cl)cc1. The number of urea groups is 1. The summed E-state index contributed by atoms with van der Waals surface area (Å²) < 4.78 is 3.05. The zero-order chi connectivity index (χ0) is 20.4. The minimum Gasteiger partial charge on any atom is -0.314 e. The van der Waals surface area contributed by atoms with Crippen LogP contribution in [0.3, 0.4) is 0 Å². The van der Waals surface area contributed by atoms with Gasteiger partial charge < -0.3 is 14.8 Å². The van der Waals surface area contributed by atoms with Gasteiger partial charge in [0.05, 0.1) is 12.6 Å². The van der Waals surface area contributed by atoms with Crippen LogP contribution < -0.4 is 5.32 Å². The van der Waals surface area contributed by atoms with Crippen molar-refractivity contribution in [3.8, 4) is 0 Å². The zero-order valence-corrected chi connectivity index (χ0v) is 18.3. The summed E-state index contributed by atoms with van der Waals surface area (Å²) in [4.78, 5) is 14.8. The van der Waals surface area contributed by atoms with Crippen molar-refractivity contribution in [2.75, 3.05) is 11.9 Å². The van der Waals surface area contributed by atoms with Crippen molar-refractivity contribution < 1.29 is 4.79 Å². The molecular formula is C21H21BrClN5O. The molecule has 2 heterocycles. The molecule has 0 radical (unpaired) electrons. The maximum absolute atomic E-state index is 12.9. The first-order chi connectivity index (χ1) is 14.0. The third-order valence-corrected chi connectivity index (χ3v) is 5.91. The first-order valence-electron chi connectivity index (χ1n) is 9.48. The smallest absolute Gasteiger partial charge is 0.314 e. The third-order valence-electron chi connectivity index (χ3n) is 5.13. The predicted octanol–water partition coefficient (Wildman–Crippen LogP) is 5.42. The van der Waals surface area contributed by atoms with E-state index in [2.05, 4.69) is 36.0 Å². The Morgan fingerprint density at radius 1 is 1.17 bits per heavy atom. The van der Waals surface area contributed by atoms with Crippen molar-refractivity contribution in [1.29, 1.82) is 0 Å². The fraction of sp³-hybridized carbons (Fsp3) is 0.286. The summed E-state index contributed by atoms with van der Waals surface area (Å²) >= 11 is 9.41. The van der Waals surface area contributed by atoms with Crippen LogP contribution in [0.2, 0.25) is 5.02 Å². The summed E-state index contributed by atoms with van der Waals surface area (Å²) in [7, 11) is 0. The van der Waals surface area contributed by atoms with Gasteiger partial charge >= 0.3 is 6.03 Å². The Balaban J connectivity index is 1.55. The van der Waals surface area contributed by atoms with E-state index >= 15 is 0 Å². The molecule has 0 saturated carbocycles. The van der Waals surface area contributed by atoms with Gasteiger partial charge in [0.15, 0.2) is 5.82 Å². The zero-order valence-electron chi connectivity index (χ0n) is 16.0. The number of aromatic nitrogens is 3. The molecule has 4 rings (SSSR count). The van der Waals surface area contributed by atoms with Crippen LogP contribution in [-0.2, 0) is 6.54 Å². The first kappa shape index (κ1) is 19.9. The van der Waals surface area contributed by atoms with Crippen LogP contribution in [0.15, 0.2) is 53.0 Å². The second kappa shape index (κ2) is 8.55. The number of carbonyl (C=O) groups is 1. The Bertz CT molecular complexity index is 1000. The van der Waals surface area contributed by atoms with Gasteiger partial charge in [0.25, 0.3) is 0 Å². The fourth-order valence-electron chi connectivity index (χ4n) is 3.62. The Labute approximate surface area is 183 Å². The number of hydrogen-bond acceptors (Lipinski definition) is 3. The number of rotatable bonds is 4. The summed E-state index contributed by atoms with van der Waals surface area (Å²) in [5.41, 5.74) is 1.88. The lowest BCUT2D eigenvalue weighted by Gasteiger charge is -2.25. The molecule has 8 heteroatoms. The molecule has 1 atom stereocenters. The van der Waals surface area contributed by atoms with E-state index in [9.17, 15) is 4.79 Å². The van der Waals surface area contributed by atoms with Gasteiger partial charge in [-0.3, -0.25) is 0 Å². The minimum atomic E-state index is -0.117. The van der Waals surface area contributed by atoms with Gasteiger partial charge in [0.2, 0.25) is 0 Å². The monoisotopic (exact) mass is 473 g/mol. The number of amides is 2. The van der Waals surface area contributed by atoms with Crippen LogP contribution in [0.5, 0.6) is 0 Å². The largest absolute Gasteiger partial charge is 0.322 e. The average molecular weight is 475 g/mol. The molecule has 1 aromatic heterocycles. The normalized spacial score (nSPS) is 16.2. The van der Waals surface area contributed by atoms with Crippen LogP contribution in [0.1, 0.15) is 36.1 Å². The highest BCUT2D eigenvalue weighted by Gasteiger charge is 2.34. The number of halogens is 2. The van der Waals surface area contributed by atoms with Crippen LogP contribution in [0, 0.1) is 6.92 Å². The fourth-order valence-corrected chi connectivity index (χ4v) is 4.01. The van der Waals surface area contributed by atoms with Crippen LogP contribution in [0.4, 0.5) is 10.5 Å². The average Bonchev–Trinajstić information content (AvgIpc) is 3.33. The van der Waals surface area contributed by atoms with Crippen molar-refractivity contribution in [2.45, 2.75) is 32.4 Å². The molecule has 1 saturated heterocycles. The Kier molecular flexibility index (Phi) is 5.87. The Hall–Kier alpha value is -2.38. The topological polar surface area (TPSA) is 63.1 Å². The summed E-state index contributed by atoms with van der Waals surface area (Å²) in [6.45, 7) is 3.28. The highest BCUT2D eigenvalue weighted by Crippen LogP contribution is 2.32. The van der Waals surface area contributed by atoms with E-state index < -0.39 is 0 Å². The number of nitrogens with one attached hydrogen (secondary N) is 1. The lowest BCUT2D eigenvalue weighted by atomic mass is 10.2. The molecule has 2 aromatic carbocycles. The highest BCUT2D eigenvalue weighted by atomic mass is 79.9. The number of benzene rings is 2. The summed E-state index contributed by atoms with van der Waals surface area (Å²) in [6.07, 6.45) is 1.80. The maximum atomic E-state index is 12.9. The van der Waals surface area contributed by atoms with Gasteiger partial charge in [0, 0.05) is 21.7 Å². The van der Waals surface area contributed by atoms with Gasteiger partial charge in [0.1, 0.15) is 5.82 Å². The van der Waals surface area contributed by atoms with Crippen molar-refractivity contribution in [1.82, 2.24) is 19.7 Å². The first-order valence-corrected chi connectivity index (χ1v) is 10.7. The molecule has 0 spiro atoms. The van der Waals surface area contributed by atoms with Crippen LogP contribution in [0.25, 0.3) is 0 Å². The quantitative estimate of drug-likeness (QED) is 0.549. The second-order valence-corrected chi connectivity index (χ2v) is 8.46. The van der Waals surface area contributed by atoms with Crippen molar-refractivity contribution in [3.63, 3.8) is 0 Å². The molecular weight excluding hydrogens is 454 g/mol. The predicted molar refractivity (Wildman–Crippen MR) is 117 cm³/mol. The lowest BCUT2D eigenvalue weighted by molar-refractivity contribution is 0.204. The summed E-state index contributed by atoms with van der Waals surface area (Å²) in [5.74, 6) is 1.65. The van der Waals surface area contributed by atoms with E-state index in [4.69, 9.17) is 11.6 Å². The molecule has 3 aromatic rings. The number of nitrogens with zero attached hydrogens (tertiary/aromatic N) is 4. The molecule has 29 heavy (non-hydrogen) atoms. The lowest BCUT2D eigenvalue weighted by Crippen LogP contribution is -2.35. The Morgan fingerprint density at radius 3 is 2.62 bits per heavy atom. The van der Waals surface area contributed by atoms with Crippen molar-refractivity contribution >= 4 is 39.2 Å². The van der Waals surface area contributed by atoms with E-state index in [1.807, 2.05) is 60.4 Å². The van der Waals surface area contributed by atoms with Crippen LogP contribution >= 0.6 is 27.5 Å². The molecule has 0 bridgehead atoms. The molecule has 150 valence electrons. The summed E-state index contributed by atoms with van der Waals surface area (Å²) in [5, 5.41) is 12.4. The van der Waals surface area contributed by atoms with E-state index in [0.717, 1.165) is 40.2 Å². The maximum Gasteiger partial charge on any atom is 0.322 e. The summed E-state index contributed by atoms with van der Waals surface area (Å²) in [6, 6.07) is 15.1. The molecule has 2 amide bonds. The number of aryl methyl sites for hydroxylation is 1. The van der Waals surface area contributed by atoms with E-state index in [1.54, 1.807) is 0 Å². The minimum absolute atomic E-state index is 0.0982. The second-order valence-electron chi connectivity index (χ2n) is 7.11. The number of anilines is 1. The number of carbonyl (C=O) groups excluding carboxylic acids is 1. The standard InChI is InChI=1S/C21H21BrClN5O/c1-14-25-26-20(28(14)13-15-4-8-17(23)9-5-15)19-3-2-12-27(19)21(29)24-18-10-6-16(22)7-11-18/h4-11,19H,2-3,12-13H2,1H3,(H,24,29). The van der Waals surface area contributed by atoms with Crippen molar-refractivity contribution in [2.24, 2.45) is 0 Å². The van der Waals surface area contributed by atoms with E-state index in [1.165, 1.54) is 0 Å². The molecule has 1 unspecified atom stereocenters. The van der Waals surface area contributed by atoms with Gasteiger partial charge in [-0.2, -0.15) is 0 Å². The molecule has 0 aliphatic carbocycles. The van der Waals surface area contributed by atoms with Gasteiger partial charge in [-0.15, -0.1) is 10.2 Å².